The highest BCUT2D eigenvalue weighted by Gasteiger charge is 2.33. The van der Waals surface area contributed by atoms with Crippen molar-refractivity contribution in [2.45, 2.75) is 38.3 Å². The van der Waals surface area contributed by atoms with Crippen LogP contribution >= 0.6 is 0 Å². The first-order chi connectivity index (χ1) is 14.1. The molecule has 1 aromatic rings. The quantitative estimate of drug-likeness (QED) is 0.795. The van der Waals surface area contributed by atoms with Gasteiger partial charge in [-0.3, -0.25) is 14.5 Å². The Morgan fingerprint density at radius 2 is 2.03 bits per heavy atom. The molecule has 156 valence electrons. The van der Waals surface area contributed by atoms with Gasteiger partial charge < -0.3 is 15.0 Å². The summed E-state index contributed by atoms with van der Waals surface area (Å²) in [7, 11) is 1.97. The first-order valence-electron chi connectivity index (χ1n) is 10.7. The Hall–Kier alpha value is -2.34. The van der Waals surface area contributed by atoms with E-state index in [0.717, 1.165) is 37.1 Å². The SMILES string of the molecule is CN1CC(=O)N2CC[C@@H](CC(=O)NC3CC3)[C@@H](/C=C/COc3ccccc3C1)C2. The number of likely N-dealkylation sites (N-methyl/N-ethyl adjacent to an activating group) is 1. The third-order valence-corrected chi connectivity index (χ3v) is 6.09. The van der Waals surface area contributed by atoms with Crippen molar-refractivity contribution >= 4 is 11.8 Å². The van der Waals surface area contributed by atoms with Crippen LogP contribution in [0.1, 0.15) is 31.2 Å². The third-order valence-electron chi connectivity index (χ3n) is 6.09. The molecule has 2 fully saturated rings. The molecule has 0 spiro atoms. The Morgan fingerprint density at radius 3 is 2.86 bits per heavy atom. The Bertz CT molecular complexity index is 774. The predicted molar refractivity (Wildman–Crippen MR) is 111 cm³/mol. The number of hydrogen-bond acceptors (Lipinski definition) is 4. The van der Waals surface area contributed by atoms with E-state index < -0.39 is 0 Å². The number of hydrogen-bond donors (Lipinski definition) is 1. The van der Waals surface area contributed by atoms with Crippen molar-refractivity contribution < 1.29 is 14.3 Å². The molecule has 2 aliphatic heterocycles. The van der Waals surface area contributed by atoms with E-state index in [9.17, 15) is 9.59 Å². The number of amides is 2. The number of fused-ring (bicyclic) bond motifs is 3. The third kappa shape index (κ3) is 5.38. The maximum absolute atomic E-state index is 12.9. The molecule has 2 heterocycles. The molecule has 1 saturated heterocycles. The van der Waals surface area contributed by atoms with Crippen LogP contribution in [0.3, 0.4) is 0 Å². The van der Waals surface area contributed by atoms with Gasteiger partial charge in [0.05, 0.1) is 6.54 Å². The minimum absolute atomic E-state index is 0.151. The van der Waals surface area contributed by atoms with Crippen LogP contribution < -0.4 is 10.1 Å². The predicted octanol–water partition coefficient (Wildman–Crippen LogP) is 2.20. The monoisotopic (exact) mass is 397 g/mol. The Balaban J connectivity index is 1.48. The lowest BCUT2D eigenvalue weighted by Gasteiger charge is -2.38. The smallest absolute Gasteiger partial charge is 0.236 e. The lowest BCUT2D eigenvalue weighted by atomic mass is 9.82. The Morgan fingerprint density at radius 1 is 1.21 bits per heavy atom. The topological polar surface area (TPSA) is 61.9 Å². The van der Waals surface area contributed by atoms with Crippen LogP contribution in [0, 0.1) is 11.8 Å². The van der Waals surface area contributed by atoms with Gasteiger partial charge in [-0.15, -0.1) is 0 Å². The minimum Gasteiger partial charge on any atom is -0.489 e. The molecule has 6 nitrogen and oxygen atoms in total. The van der Waals surface area contributed by atoms with E-state index in [4.69, 9.17) is 4.74 Å². The number of ether oxygens (including phenoxy) is 1. The van der Waals surface area contributed by atoms with Gasteiger partial charge in [0.15, 0.2) is 0 Å². The molecule has 6 heteroatoms. The summed E-state index contributed by atoms with van der Waals surface area (Å²) in [6, 6.07) is 8.39. The van der Waals surface area contributed by atoms with Crippen molar-refractivity contribution in [1.29, 1.82) is 0 Å². The van der Waals surface area contributed by atoms with Gasteiger partial charge in [0.2, 0.25) is 11.8 Å². The number of rotatable bonds is 3. The average Bonchev–Trinajstić information content (AvgIpc) is 3.50. The largest absolute Gasteiger partial charge is 0.489 e. The molecule has 0 unspecified atom stereocenters. The lowest BCUT2D eigenvalue weighted by molar-refractivity contribution is -0.134. The van der Waals surface area contributed by atoms with Crippen LogP contribution in [-0.2, 0) is 16.1 Å². The van der Waals surface area contributed by atoms with Gasteiger partial charge in [0.1, 0.15) is 12.4 Å². The zero-order chi connectivity index (χ0) is 20.2. The fourth-order valence-electron chi connectivity index (χ4n) is 4.30. The Labute approximate surface area is 172 Å². The molecule has 1 aromatic carbocycles. The van der Waals surface area contributed by atoms with Gasteiger partial charge in [-0.25, -0.2) is 0 Å². The molecule has 3 aliphatic rings. The molecule has 1 saturated carbocycles. The van der Waals surface area contributed by atoms with Crippen LogP contribution in [0.25, 0.3) is 0 Å². The zero-order valence-electron chi connectivity index (χ0n) is 17.2. The molecule has 29 heavy (non-hydrogen) atoms. The lowest BCUT2D eigenvalue weighted by Crippen LogP contribution is -2.47. The molecular formula is C23H31N3O3. The number of nitrogens with zero attached hydrogens (tertiary/aromatic N) is 2. The molecule has 0 aromatic heterocycles. The molecule has 1 N–H and O–H groups in total. The Kier molecular flexibility index (Phi) is 6.19. The number of piperidine rings is 1. The molecule has 0 radical (unpaired) electrons. The van der Waals surface area contributed by atoms with Gasteiger partial charge in [0, 0.05) is 37.7 Å². The molecule has 2 atom stereocenters. The highest BCUT2D eigenvalue weighted by atomic mass is 16.5. The van der Waals surface area contributed by atoms with Crippen LogP contribution in [0.5, 0.6) is 5.75 Å². The molecule has 2 bridgehead atoms. The van der Waals surface area contributed by atoms with Crippen LogP contribution in [-0.4, -0.2) is 60.9 Å². The van der Waals surface area contributed by atoms with Crippen molar-refractivity contribution in [2.24, 2.45) is 11.8 Å². The zero-order valence-corrected chi connectivity index (χ0v) is 17.2. The summed E-state index contributed by atoms with van der Waals surface area (Å²) in [6.07, 6.45) is 7.81. The normalized spacial score (nSPS) is 26.9. The van der Waals surface area contributed by atoms with E-state index in [0.29, 0.717) is 38.7 Å². The van der Waals surface area contributed by atoms with Crippen molar-refractivity contribution in [3.63, 3.8) is 0 Å². The number of benzene rings is 1. The molecule has 1 aliphatic carbocycles. The van der Waals surface area contributed by atoms with E-state index >= 15 is 0 Å². The summed E-state index contributed by atoms with van der Waals surface area (Å²) in [5.41, 5.74) is 1.09. The summed E-state index contributed by atoms with van der Waals surface area (Å²) in [5.74, 6) is 1.62. The van der Waals surface area contributed by atoms with Gasteiger partial charge >= 0.3 is 0 Å². The molecular weight excluding hydrogens is 366 g/mol. The number of nitrogens with one attached hydrogen (secondary N) is 1. The number of carbonyl (C=O) groups excluding carboxylic acids is 2. The van der Waals surface area contributed by atoms with E-state index in [2.05, 4.69) is 11.4 Å². The van der Waals surface area contributed by atoms with Crippen molar-refractivity contribution in [1.82, 2.24) is 15.1 Å². The fraction of sp³-hybridized carbons (Fsp3) is 0.565. The van der Waals surface area contributed by atoms with Crippen LogP contribution in [0.15, 0.2) is 36.4 Å². The average molecular weight is 398 g/mol. The van der Waals surface area contributed by atoms with Gasteiger partial charge in [-0.05, 0) is 44.2 Å². The summed E-state index contributed by atoms with van der Waals surface area (Å²) in [5, 5.41) is 3.10. The molecule has 4 rings (SSSR count). The number of para-hydroxylation sites is 1. The van der Waals surface area contributed by atoms with Crippen LogP contribution in [0.4, 0.5) is 0 Å². The molecule has 2 amide bonds. The second-order valence-corrected chi connectivity index (χ2v) is 8.62. The first kappa shape index (κ1) is 20.0. The van der Waals surface area contributed by atoms with E-state index in [1.807, 2.05) is 47.2 Å². The van der Waals surface area contributed by atoms with Gasteiger partial charge in [-0.2, -0.15) is 0 Å². The first-order valence-corrected chi connectivity index (χ1v) is 10.7. The van der Waals surface area contributed by atoms with Crippen molar-refractivity contribution in [2.75, 3.05) is 33.3 Å². The summed E-state index contributed by atoms with van der Waals surface area (Å²) >= 11 is 0. The van der Waals surface area contributed by atoms with E-state index in [-0.39, 0.29) is 23.7 Å². The summed E-state index contributed by atoms with van der Waals surface area (Å²) in [4.78, 5) is 29.2. The fourth-order valence-corrected chi connectivity index (χ4v) is 4.30. The minimum atomic E-state index is 0.151. The van der Waals surface area contributed by atoms with E-state index in [1.165, 1.54) is 0 Å². The van der Waals surface area contributed by atoms with Gasteiger partial charge in [0.25, 0.3) is 0 Å². The maximum Gasteiger partial charge on any atom is 0.236 e. The summed E-state index contributed by atoms with van der Waals surface area (Å²) in [6.45, 7) is 2.96. The summed E-state index contributed by atoms with van der Waals surface area (Å²) < 4.78 is 6.00. The van der Waals surface area contributed by atoms with Crippen LogP contribution in [0.2, 0.25) is 0 Å². The highest BCUT2D eigenvalue weighted by molar-refractivity contribution is 5.79. The highest BCUT2D eigenvalue weighted by Crippen LogP contribution is 2.29. The van der Waals surface area contributed by atoms with Crippen molar-refractivity contribution in [3.8, 4) is 5.75 Å². The standard InChI is InChI=1S/C23H31N3O3/c1-25-14-19-5-2-3-7-21(19)29-12-4-6-18-15-26(23(28)16-25)11-10-17(18)13-22(27)24-20-8-9-20/h2-7,17-18,20H,8-16H2,1H3,(H,24,27)/b6-4+/t17-,18-/m0/s1. The van der Waals surface area contributed by atoms with Crippen molar-refractivity contribution in [3.05, 3.63) is 42.0 Å². The maximum atomic E-state index is 12.9. The number of carbonyl (C=O) groups is 2. The van der Waals surface area contributed by atoms with Gasteiger partial charge in [-0.1, -0.05) is 30.4 Å². The van der Waals surface area contributed by atoms with E-state index in [1.54, 1.807) is 0 Å². The second-order valence-electron chi connectivity index (χ2n) is 8.62. The second kappa shape index (κ2) is 8.99.